The van der Waals surface area contributed by atoms with Crippen LogP contribution in [-0.4, -0.2) is 11.0 Å². The van der Waals surface area contributed by atoms with Crippen LogP contribution in [0.3, 0.4) is 0 Å². The van der Waals surface area contributed by atoms with Crippen LogP contribution >= 0.6 is 0 Å². The minimum Gasteiger partial charge on any atom is -0.507 e. The highest BCUT2D eigenvalue weighted by atomic mass is 16.3. The monoisotopic (exact) mass is 359 g/mol. The molecule has 0 aliphatic heterocycles. The maximum absolute atomic E-state index is 12.5. The molecule has 3 aromatic rings. The molecule has 1 aromatic heterocycles. The van der Waals surface area contributed by atoms with Crippen LogP contribution in [0.1, 0.15) is 41.8 Å². The van der Waals surface area contributed by atoms with Crippen molar-refractivity contribution in [3.8, 4) is 17.1 Å². The van der Waals surface area contributed by atoms with Crippen LogP contribution < -0.4 is 5.32 Å². The van der Waals surface area contributed by atoms with Gasteiger partial charge in [-0.1, -0.05) is 23.8 Å². The summed E-state index contributed by atoms with van der Waals surface area (Å²) in [6, 6.07) is 17.9. The molecule has 1 saturated carbocycles. The second-order valence-electron chi connectivity index (χ2n) is 6.76. The number of para-hydroxylation sites is 1. The first kappa shape index (κ1) is 17.2. The second kappa shape index (κ2) is 7.54. The molecule has 4 heteroatoms. The third-order valence-electron chi connectivity index (χ3n) is 4.78. The smallest absolute Gasteiger partial charge is 0.259 e. The zero-order valence-electron chi connectivity index (χ0n) is 14.9. The molecule has 1 heterocycles. The van der Waals surface area contributed by atoms with Crippen LogP contribution in [0, 0.1) is 0 Å². The molecule has 0 saturated heterocycles. The number of hydrogen-bond acceptors (Lipinski definition) is 3. The highest BCUT2D eigenvalue weighted by Crippen LogP contribution is 2.31. The molecule has 0 unspecified atom stereocenters. The van der Waals surface area contributed by atoms with Gasteiger partial charge in [0.15, 0.2) is 0 Å². The summed E-state index contributed by atoms with van der Waals surface area (Å²) in [5.74, 6) is 1.08. The van der Waals surface area contributed by atoms with E-state index in [9.17, 15) is 9.90 Å². The van der Waals surface area contributed by atoms with Crippen LogP contribution in [0.25, 0.3) is 17.4 Å². The van der Waals surface area contributed by atoms with Gasteiger partial charge in [-0.3, -0.25) is 4.79 Å². The molecule has 0 spiro atoms. The molecule has 4 nitrogen and oxygen atoms in total. The van der Waals surface area contributed by atoms with E-state index in [2.05, 4.69) is 11.4 Å². The molecule has 27 heavy (non-hydrogen) atoms. The van der Waals surface area contributed by atoms with Crippen molar-refractivity contribution in [2.75, 3.05) is 5.32 Å². The minimum absolute atomic E-state index is 0.0629. The molecular weight excluding hydrogens is 338 g/mol. The number of rotatable bonds is 4. The Bertz CT molecular complexity index is 978. The number of benzene rings is 2. The van der Waals surface area contributed by atoms with Crippen molar-refractivity contribution in [2.45, 2.75) is 25.7 Å². The van der Waals surface area contributed by atoms with E-state index in [1.54, 1.807) is 24.3 Å². The Hall–Kier alpha value is -3.27. The highest BCUT2D eigenvalue weighted by Gasteiger charge is 2.15. The van der Waals surface area contributed by atoms with Crippen molar-refractivity contribution in [2.24, 2.45) is 0 Å². The number of phenols is 1. The van der Waals surface area contributed by atoms with Crippen LogP contribution in [-0.2, 0) is 0 Å². The lowest BCUT2D eigenvalue weighted by Gasteiger charge is -2.08. The molecule has 4 rings (SSSR count). The third-order valence-corrected chi connectivity index (χ3v) is 4.78. The van der Waals surface area contributed by atoms with E-state index in [0.717, 1.165) is 24.2 Å². The average molecular weight is 359 g/mol. The lowest BCUT2D eigenvalue weighted by molar-refractivity contribution is 0.102. The number of furan rings is 1. The maximum atomic E-state index is 12.5. The number of carbonyl (C=O) groups excluding carboxylic acids is 1. The van der Waals surface area contributed by atoms with Gasteiger partial charge in [0.25, 0.3) is 5.91 Å². The lowest BCUT2D eigenvalue weighted by atomic mass is 10.1. The van der Waals surface area contributed by atoms with E-state index in [-0.39, 0.29) is 17.2 Å². The normalized spacial score (nSPS) is 13.6. The third kappa shape index (κ3) is 3.95. The molecule has 1 fully saturated rings. The summed E-state index contributed by atoms with van der Waals surface area (Å²) in [6.07, 6.45) is 6.88. The van der Waals surface area contributed by atoms with E-state index in [4.69, 9.17) is 4.42 Å². The number of allylic oxidation sites excluding steroid dienone is 1. The number of amides is 1. The Labute approximate surface area is 158 Å². The van der Waals surface area contributed by atoms with Crippen LogP contribution in [0.2, 0.25) is 0 Å². The summed E-state index contributed by atoms with van der Waals surface area (Å²) in [6.45, 7) is 0. The first-order valence-electron chi connectivity index (χ1n) is 9.18. The number of phenolic OH excluding ortho intramolecular Hbond substituents is 1. The molecule has 2 aromatic carbocycles. The summed E-state index contributed by atoms with van der Waals surface area (Å²) in [7, 11) is 0. The quantitative estimate of drug-likeness (QED) is 0.613. The Balaban J connectivity index is 1.58. The van der Waals surface area contributed by atoms with Crippen molar-refractivity contribution in [1.29, 1.82) is 0 Å². The van der Waals surface area contributed by atoms with Crippen LogP contribution in [0.4, 0.5) is 5.69 Å². The van der Waals surface area contributed by atoms with E-state index in [1.165, 1.54) is 24.5 Å². The van der Waals surface area contributed by atoms with E-state index >= 15 is 0 Å². The summed E-state index contributed by atoms with van der Waals surface area (Å²) in [5, 5.41) is 12.9. The first-order valence-corrected chi connectivity index (χ1v) is 9.18. The number of carbonyl (C=O) groups is 1. The Morgan fingerprint density at radius 1 is 1.00 bits per heavy atom. The zero-order chi connectivity index (χ0) is 18.6. The molecule has 1 aliphatic carbocycles. The topological polar surface area (TPSA) is 62.5 Å². The van der Waals surface area contributed by atoms with Crippen molar-refractivity contribution in [1.82, 2.24) is 0 Å². The van der Waals surface area contributed by atoms with E-state index < -0.39 is 0 Å². The van der Waals surface area contributed by atoms with Gasteiger partial charge < -0.3 is 14.8 Å². The van der Waals surface area contributed by atoms with Gasteiger partial charge in [0, 0.05) is 11.3 Å². The number of nitrogens with one attached hydrogen (secondary N) is 1. The SMILES string of the molecule is O=C(Nc1ccccc1)c1cc(-c2ccc(C=C3CCCC3)o2)ccc1O. The molecule has 0 atom stereocenters. The zero-order valence-corrected chi connectivity index (χ0v) is 14.9. The average Bonchev–Trinajstić information content (AvgIpc) is 3.35. The molecular formula is C23H21NO3. The predicted octanol–water partition coefficient (Wildman–Crippen LogP) is 5.86. The van der Waals surface area contributed by atoms with Gasteiger partial charge in [0.2, 0.25) is 0 Å². The maximum Gasteiger partial charge on any atom is 0.259 e. The fourth-order valence-corrected chi connectivity index (χ4v) is 3.35. The molecule has 1 aliphatic rings. The van der Waals surface area contributed by atoms with Gasteiger partial charge in [-0.05, 0) is 74.2 Å². The van der Waals surface area contributed by atoms with Crippen molar-refractivity contribution < 1.29 is 14.3 Å². The summed E-state index contributed by atoms with van der Waals surface area (Å²) in [4.78, 5) is 12.5. The number of aromatic hydroxyl groups is 1. The van der Waals surface area contributed by atoms with E-state index in [0.29, 0.717) is 11.4 Å². The van der Waals surface area contributed by atoms with Crippen molar-refractivity contribution in [3.63, 3.8) is 0 Å². The van der Waals surface area contributed by atoms with Crippen molar-refractivity contribution >= 4 is 17.7 Å². The standard InChI is InChI=1S/C23H21NO3/c25-21-12-10-17(15-20(21)23(26)24-18-8-2-1-3-9-18)22-13-11-19(27-22)14-16-6-4-5-7-16/h1-3,8-15,25H,4-7H2,(H,24,26). The Morgan fingerprint density at radius 2 is 1.78 bits per heavy atom. The predicted molar refractivity (Wildman–Crippen MR) is 107 cm³/mol. The molecule has 2 N–H and O–H groups in total. The largest absolute Gasteiger partial charge is 0.507 e. The van der Waals surface area contributed by atoms with Gasteiger partial charge >= 0.3 is 0 Å². The van der Waals surface area contributed by atoms with Gasteiger partial charge in [-0.2, -0.15) is 0 Å². The fraction of sp³-hybridized carbons (Fsp3) is 0.174. The second-order valence-corrected chi connectivity index (χ2v) is 6.76. The summed E-state index contributed by atoms with van der Waals surface area (Å²) >= 11 is 0. The molecule has 0 bridgehead atoms. The Morgan fingerprint density at radius 3 is 2.56 bits per heavy atom. The van der Waals surface area contributed by atoms with Crippen molar-refractivity contribution in [3.05, 3.63) is 77.6 Å². The number of anilines is 1. The molecule has 136 valence electrons. The molecule has 1 amide bonds. The van der Waals surface area contributed by atoms with Gasteiger partial charge in [-0.25, -0.2) is 0 Å². The number of hydrogen-bond donors (Lipinski definition) is 2. The highest BCUT2D eigenvalue weighted by molar-refractivity contribution is 6.06. The first-order chi connectivity index (χ1) is 13.2. The Kier molecular flexibility index (Phi) is 4.79. The summed E-state index contributed by atoms with van der Waals surface area (Å²) in [5.41, 5.74) is 3.06. The van der Waals surface area contributed by atoms with Crippen LogP contribution in [0.5, 0.6) is 5.75 Å². The fourth-order valence-electron chi connectivity index (χ4n) is 3.35. The molecule has 0 radical (unpaired) electrons. The van der Waals surface area contributed by atoms with Gasteiger partial charge in [0.1, 0.15) is 17.3 Å². The van der Waals surface area contributed by atoms with Crippen LogP contribution in [0.15, 0.2) is 70.7 Å². The van der Waals surface area contributed by atoms with E-state index in [1.807, 2.05) is 30.3 Å². The van der Waals surface area contributed by atoms with Gasteiger partial charge in [-0.15, -0.1) is 0 Å². The minimum atomic E-state index is -0.361. The summed E-state index contributed by atoms with van der Waals surface area (Å²) < 4.78 is 5.93. The van der Waals surface area contributed by atoms with Gasteiger partial charge in [0.05, 0.1) is 5.56 Å². The lowest BCUT2D eigenvalue weighted by Crippen LogP contribution is -2.12.